The van der Waals surface area contributed by atoms with Crippen molar-refractivity contribution in [2.75, 3.05) is 0 Å². The Morgan fingerprint density at radius 2 is 2.05 bits per heavy atom. The van der Waals surface area contributed by atoms with Gasteiger partial charge in [0.1, 0.15) is 11.6 Å². The van der Waals surface area contributed by atoms with Crippen LogP contribution in [-0.4, -0.2) is 38.7 Å². The van der Waals surface area contributed by atoms with E-state index in [2.05, 4.69) is 10.1 Å². The van der Waals surface area contributed by atoms with Crippen LogP contribution < -0.4 is 5.73 Å². The standard InChI is InChI=1S/C15H22N4O3/c1-15(2,3)22-14(20)19(11-4-5-11)12(13(16)18-21)10-6-8-17-9-7-10/h6-9,11-12,21H,4-5H2,1-3H3,(H2,16,18)/t12-/m1/s1. The van der Waals surface area contributed by atoms with E-state index in [4.69, 9.17) is 15.7 Å². The molecule has 1 saturated carbocycles. The summed E-state index contributed by atoms with van der Waals surface area (Å²) in [5.74, 6) is -0.0519. The molecule has 1 aromatic rings. The molecule has 0 aromatic carbocycles. The van der Waals surface area contributed by atoms with Crippen molar-refractivity contribution in [3.8, 4) is 0 Å². The van der Waals surface area contributed by atoms with Gasteiger partial charge in [0.25, 0.3) is 0 Å². The average Bonchev–Trinajstić information content (AvgIpc) is 3.27. The zero-order valence-corrected chi connectivity index (χ0v) is 13.1. The van der Waals surface area contributed by atoms with Crippen molar-refractivity contribution in [2.24, 2.45) is 10.9 Å². The number of nitrogens with zero attached hydrogens (tertiary/aromatic N) is 3. The normalized spacial score (nSPS) is 17.0. The van der Waals surface area contributed by atoms with Gasteiger partial charge in [-0.1, -0.05) is 5.16 Å². The molecule has 0 saturated heterocycles. The number of hydrogen-bond donors (Lipinski definition) is 2. The fourth-order valence-electron chi connectivity index (χ4n) is 2.21. The van der Waals surface area contributed by atoms with Gasteiger partial charge in [-0.2, -0.15) is 0 Å². The second kappa shape index (κ2) is 6.21. The van der Waals surface area contributed by atoms with Crippen molar-refractivity contribution in [3.63, 3.8) is 0 Å². The Hall–Kier alpha value is -2.31. The molecular formula is C15H22N4O3. The van der Waals surface area contributed by atoms with Crippen LogP contribution in [0.5, 0.6) is 0 Å². The van der Waals surface area contributed by atoms with Crippen molar-refractivity contribution in [1.29, 1.82) is 0 Å². The van der Waals surface area contributed by atoms with Gasteiger partial charge in [-0.25, -0.2) is 4.79 Å². The van der Waals surface area contributed by atoms with Crippen molar-refractivity contribution in [1.82, 2.24) is 9.88 Å². The van der Waals surface area contributed by atoms with Crippen LogP contribution in [0.3, 0.4) is 0 Å². The molecule has 1 fully saturated rings. The van der Waals surface area contributed by atoms with E-state index in [1.807, 2.05) is 0 Å². The molecule has 1 heterocycles. The summed E-state index contributed by atoms with van der Waals surface area (Å²) in [6, 6.07) is 2.84. The molecule has 0 radical (unpaired) electrons. The molecule has 0 unspecified atom stereocenters. The molecule has 1 atom stereocenters. The molecule has 120 valence electrons. The van der Waals surface area contributed by atoms with Gasteiger partial charge in [-0.15, -0.1) is 0 Å². The molecule has 1 aromatic heterocycles. The fraction of sp³-hybridized carbons (Fsp3) is 0.533. The van der Waals surface area contributed by atoms with Crippen molar-refractivity contribution in [2.45, 2.75) is 51.3 Å². The molecule has 7 nitrogen and oxygen atoms in total. The van der Waals surface area contributed by atoms with Crippen molar-refractivity contribution < 1.29 is 14.7 Å². The summed E-state index contributed by atoms with van der Waals surface area (Å²) in [6.45, 7) is 5.42. The summed E-state index contributed by atoms with van der Waals surface area (Å²) in [5, 5.41) is 12.2. The number of hydrogen-bond acceptors (Lipinski definition) is 5. The number of pyridine rings is 1. The Morgan fingerprint density at radius 3 is 2.50 bits per heavy atom. The first-order valence-electron chi connectivity index (χ1n) is 7.22. The van der Waals surface area contributed by atoms with Crippen LogP contribution in [0.4, 0.5) is 4.79 Å². The summed E-state index contributed by atoms with van der Waals surface area (Å²) in [4.78, 5) is 18.1. The maximum atomic E-state index is 12.6. The number of amidine groups is 1. The van der Waals surface area contributed by atoms with Gasteiger partial charge >= 0.3 is 6.09 Å². The van der Waals surface area contributed by atoms with E-state index in [-0.39, 0.29) is 11.9 Å². The topological polar surface area (TPSA) is 101 Å². The van der Waals surface area contributed by atoms with E-state index in [9.17, 15) is 4.79 Å². The summed E-state index contributed by atoms with van der Waals surface area (Å²) in [7, 11) is 0. The van der Waals surface area contributed by atoms with E-state index in [1.165, 1.54) is 0 Å². The van der Waals surface area contributed by atoms with Gasteiger partial charge in [0.15, 0.2) is 5.84 Å². The predicted molar refractivity (Wildman–Crippen MR) is 81.5 cm³/mol. The maximum absolute atomic E-state index is 12.6. The highest BCUT2D eigenvalue weighted by Gasteiger charge is 2.42. The van der Waals surface area contributed by atoms with E-state index in [0.717, 1.165) is 18.4 Å². The molecule has 0 bridgehead atoms. The molecule has 7 heteroatoms. The highest BCUT2D eigenvalue weighted by molar-refractivity contribution is 5.89. The number of carbonyl (C=O) groups is 1. The fourth-order valence-corrected chi connectivity index (χ4v) is 2.21. The summed E-state index contributed by atoms with van der Waals surface area (Å²) in [5.41, 5.74) is 5.96. The Bertz CT molecular complexity index is 550. The molecule has 3 N–H and O–H groups in total. The van der Waals surface area contributed by atoms with Crippen LogP contribution in [-0.2, 0) is 4.74 Å². The highest BCUT2D eigenvalue weighted by atomic mass is 16.6. The minimum absolute atomic E-state index is 0.0355. The Morgan fingerprint density at radius 1 is 1.45 bits per heavy atom. The monoisotopic (exact) mass is 306 g/mol. The summed E-state index contributed by atoms with van der Waals surface area (Å²) >= 11 is 0. The van der Waals surface area contributed by atoms with Crippen LogP contribution in [0.15, 0.2) is 29.7 Å². The van der Waals surface area contributed by atoms with Gasteiger partial charge in [-0.05, 0) is 51.3 Å². The summed E-state index contributed by atoms with van der Waals surface area (Å²) < 4.78 is 5.48. The first-order valence-corrected chi connectivity index (χ1v) is 7.22. The second-order valence-corrected chi connectivity index (χ2v) is 6.33. The lowest BCUT2D eigenvalue weighted by molar-refractivity contribution is 0.0189. The zero-order chi connectivity index (χ0) is 16.3. The van der Waals surface area contributed by atoms with Crippen LogP contribution in [0, 0.1) is 0 Å². The van der Waals surface area contributed by atoms with Crippen molar-refractivity contribution in [3.05, 3.63) is 30.1 Å². The number of aromatic nitrogens is 1. The lowest BCUT2D eigenvalue weighted by atomic mass is 10.1. The number of rotatable bonds is 4. The third-order valence-electron chi connectivity index (χ3n) is 3.24. The minimum Gasteiger partial charge on any atom is -0.444 e. The Labute approximate surface area is 129 Å². The van der Waals surface area contributed by atoms with Crippen LogP contribution in [0.1, 0.15) is 45.2 Å². The van der Waals surface area contributed by atoms with E-state index >= 15 is 0 Å². The largest absolute Gasteiger partial charge is 0.444 e. The quantitative estimate of drug-likeness (QED) is 0.384. The highest BCUT2D eigenvalue weighted by Crippen LogP contribution is 2.35. The van der Waals surface area contributed by atoms with Crippen LogP contribution in [0.2, 0.25) is 0 Å². The Balaban J connectivity index is 2.36. The first kappa shape index (κ1) is 16.1. The van der Waals surface area contributed by atoms with E-state index in [1.54, 1.807) is 50.2 Å². The van der Waals surface area contributed by atoms with E-state index < -0.39 is 17.7 Å². The number of nitrogens with two attached hydrogens (primary N) is 1. The minimum atomic E-state index is -0.671. The lowest BCUT2D eigenvalue weighted by Gasteiger charge is -2.33. The Kier molecular flexibility index (Phi) is 4.54. The molecular weight excluding hydrogens is 284 g/mol. The van der Waals surface area contributed by atoms with Gasteiger partial charge in [-0.3, -0.25) is 9.88 Å². The third-order valence-corrected chi connectivity index (χ3v) is 3.24. The summed E-state index contributed by atoms with van der Waals surface area (Å²) in [6.07, 6.45) is 4.49. The molecule has 1 amide bonds. The van der Waals surface area contributed by atoms with Crippen LogP contribution >= 0.6 is 0 Å². The van der Waals surface area contributed by atoms with E-state index in [0.29, 0.717) is 0 Å². The lowest BCUT2D eigenvalue weighted by Crippen LogP contribution is -2.45. The van der Waals surface area contributed by atoms with Crippen LogP contribution in [0.25, 0.3) is 0 Å². The van der Waals surface area contributed by atoms with Gasteiger partial charge in [0.2, 0.25) is 0 Å². The smallest absolute Gasteiger partial charge is 0.411 e. The van der Waals surface area contributed by atoms with Gasteiger partial charge in [0, 0.05) is 18.4 Å². The molecule has 1 aliphatic carbocycles. The predicted octanol–water partition coefficient (Wildman–Crippen LogP) is 2.27. The van der Waals surface area contributed by atoms with Gasteiger partial charge < -0.3 is 15.7 Å². The molecule has 1 aliphatic rings. The third kappa shape index (κ3) is 3.87. The second-order valence-electron chi connectivity index (χ2n) is 6.33. The average molecular weight is 306 g/mol. The number of carbonyl (C=O) groups excluding carboxylic acids is 1. The van der Waals surface area contributed by atoms with Crippen molar-refractivity contribution >= 4 is 11.9 Å². The SMILES string of the molecule is CC(C)(C)OC(=O)N(C1CC1)[C@@H](C(N)=NO)c1ccncc1. The number of oxime groups is 1. The zero-order valence-electron chi connectivity index (χ0n) is 13.1. The molecule has 0 aliphatic heterocycles. The first-order chi connectivity index (χ1) is 10.3. The molecule has 0 spiro atoms. The number of ether oxygens (including phenoxy) is 1. The maximum Gasteiger partial charge on any atom is 0.411 e. The molecule has 22 heavy (non-hydrogen) atoms. The number of amides is 1. The molecule has 2 rings (SSSR count). The van der Waals surface area contributed by atoms with Gasteiger partial charge in [0.05, 0.1) is 0 Å².